The zero-order chi connectivity index (χ0) is 15.0. The molecule has 0 amide bonds. The van der Waals surface area contributed by atoms with Gasteiger partial charge in [0.25, 0.3) is 0 Å². The Kier molecular flexibility index (Phi) is 3.47. The third kappa shape index (κ3) is 2.67. The second-order valence-corrected chi connectivity index (χ2v) is 6.08. The molecule has 0 spiro atoms. The van der Waals surface area contributed by atoms with Crippen molar-refractivity contribution >= 4 is 28.2 Å². The Morgan fingerprint density at radius 2 is 1.90 bits per heavy atom. The molecule has 21 heavy (non-hydrogen) atoms. The van der Waals surface area contributed by atoms with Crippen molar-refractivity contribution in [3.63, 3.8) is 0 Å². The van der Waals surface area contributed by atoms with Crippen LogP contribution in [0.1, 0.15) is 38.2 Å². The predicted molar refractivity (Wildman–Crippen MR) is 80.3 cm³/mol. The monoisotopic (exact) mass is 302 g/mol. The van der Waals surface area contributed by atoms with Crippen molar-refractivity contribution in [2.24, 2.45) is 0 Å². The van der Waals surface area contributed by atoms with Crippen LogP contribution in [0.4, 0.5) is 5.13 Å². The third-order valence-electron chi connectivity index (χ3n) is 3.53. The Hall–Kier alpha value is -2.21. The van der Waals surface area contributed by atoms with Crippen molar-refractivity contribution in [1.29, 1.82) is 0 Å². The maximum Gasteiger partial charge on any atom is 0.356 e. The molecule has 0 saturated carbocycles. The highest BCUT2D eigenvalue weighted by Gasteiger charge is 2.25. The number of aromatic carboxylic acids is 1. The van der Waals surface area contributed by atoms with Gasteiger partial charge in [0.15, 0.2) is 16.6 Å². The molecule has 0 atom stereocenters. The van der Waals surface area contributed by atoms with Crippen LogP contribution >= 0.6 is 11.3 Å². The van der Waals surface area contributed by atoms with Crippen LogP contribution in [0.3, 0.4) is 0 Å². The lowest BCUT2D eigenvalue weighted by atomic mass is 10.1. The highest BCUT2D eigenvalue weighted by atomic mass is 32.1. The molecule has 6 heteroatoms. The number of carboxylic acids is 1. The summed E-state index contributed by atoms with van der Waals surface area (Å²) in [6.07, 6.45) is 1.77. The summed E-state index contributed by atoms with van der Waals surface area (Å²) in [5, 5.41) is 12.8. The van der Waals surface area contributed by atoms with Crippen LogP contribution in [0.2, 0.25) is 0 Å². The van der Waals surface area contributed by atoms with Gasteiger partial charge in [-0.05, 0) is 24.0 Å². The molecular weight excluding hydrogens is 288 g/mol. The van der Waals surface area contributed by atoms with Gasteiger partial charge in [-0.1, -0.05) is 35.6 Å². The number of anilines is 1. The lowest BCUT2D eigenvalue weighted by Crippen LogP contribution is -2.19. The second-order valence-electron chi connectivity index (χ2n) is 5.08. The summed E-state index contributed by atoms with van der Waals surface area (Å²) < 4.78 is 0. The number of thiazole rings is 1. The average Bonchev–Trinajstić information content (AvgIpc) is 3.02. The molecule has 0 bridgehead atoms. The maximum absolute atomic E-state index is 11.5. The van der Waals surface area contributed by atoms with E-state index in [9.17, 15) is 9.59 Å². The first-order chi connectivity index (χ1) is 10.0. The number of rotatable bonds is 4. The summed E-state index contributed by atoms with van der Waals surface area (Å²) >= 11 is 1.11. The van der Waals surface area contributed by atoms with Gasteiger partial charge in [0.1, 0.15) is 4.88 Å². The number of carbonyl (C=O) groups excluding carboxylic acids is 1. The second kappa shape index (κ2) is 5.29. The number of ketones is 1. The van der Waals surface area contributed by atoms with Gasteiger partial charge in [-0.25, -0.2) is 9.78 Å². The summed E-state index contributed by atoms with van der Waals surface area (Å²) in [4.78, 5) is 26.8. The zero-order valence-electron chi connectivity index (χ0n) is 11.4. The van der Waals surface area contributed by atoms with Gasteiger partial charge in [-0.2, -0.15) is 0 Å². The van der Waals surface area contributed by atoms with Crippen LogP contribution in [-0.2, 0) is 12.8 Å². The van der Waals surface area contributed by atoms with Crippen LogP contribution in [0.5, 0.6) is 0 Å². The van der Waals surface area contributed by atoms with E-state index in [-0.39, 0.29) is 22.4 Å². The van der Waals surface area contributed by atoms with Gasteiger partial charge in [-0.15, -0.1) is 0 Å². The lowest BCUT2D eigenvalue weighted by Gasteiger charge is -2.09. The molecule has 0 saturated heterocycles. The SMILES string of the molecule is CC(=O)c1sc(NC2Cc3ccccc3C2)nc1C(=O)O. The molecule has 0 radical (unpaired) electrons. The standard InChI is InChI=1S/C15H14N2O3S/c1-8(18)13-12(14(19)20)17-15(21-13)16-11-6-9-4-2-3-5-10(9)7-11/h2-5,11H,6-7H2,1H3,(H,16,17)(H,19,20). The molecule has 3 rings (SSSR count). The van der Waals surface area contributed by atoms with E-state index in [4.69, 9.17) is 5.11 Å². The minimum absolute atomic E-state index is 0.162. The van der Waals surface area contributed by atoms with Gasteiger partial charge in [0, 0.05) is 13.0 Å². The third-order valence-corrected chi connectivity index (χ3v) is 4.62. The number of hydrogen-bond acceptors (Lipinski definition) is 5. The van der Waals surface area contributed by atoms with E-state index < -0.39 is 5.97 Å². The van der Waals surface area contributed by atoms with Crippen molar-refractivity contribution in [1.82, 2.24) is 4.98 Å². The largest absolute Gasteiger partial charge is 0.476 e. The van der Waals surface area contributed by atoms with Crippen LogP contribution in [0.25, 0.3) is 0 Å². The van der Waals surface area contributed by atoms with Crippen LogP contribution in [0, 0.1) is 0 Å². The van der Waals surface area contributed by atoms with Crippen LogP contribution < -0.4 is 5.32 Å². The molecule has 1 aliphatic carbocycles. The fraction of sp³-hybridized carbons (Fsp3) is 0.267. The summed E-state index contributed by atoms with van der Waals surface area (Å²) in [7, 11) is 0. The van der Waals surface area contributed by atoms with Gasteiger partial charge < -0.3 is 10.4 Å². The predicted octanol–water partition coefficient (Wildman–Crippen LogP) is 2.62. The number of fused-ring (bicyclic) bond motifs is 1. The smallest absolute Gasteiger partial charge is 0.356 e. The summed E-state index contributed by atoms with van der Waals surface area (Å²) in [5.41, 5.74) is 2.44. The fourth-order valence-corrected chi connectivity index (χ4v) is 3.53. The molecule has 1 aromatic heterocycles. The molecular formula is C15H14N2O3S. The molecule has 108 valence electrons. The van der Waals surface area contributed by atoms with E-state index in [1.165, 1.54) is 18.1 Å². The number of carbonyl (C=O) groups is 2. The molecule has 1 aromatic carbocycles. The number of nitrogens with one attached hydrogen (secondary N) is 1. The Morgan fingerprint density at radius 3 is 2.38 bits per heavy atom. The van der Waals surface area contributed by atoms with E-state index in [0.29, 0.717) is 5.13 Å². The topological polar surface area (TPSA) is 79.3 Å². The zero-order valence-corrected chi connectivity index (χ0v) is 12.2. The van der Waals surface area contributed by atoms with E-state index in [0.717, 1.165) is 24.2 Å². The number of carboxylic acid groups (broad SMARTS) is 1. The van der Waals surface area contributed by atoms with Crippen molar-refractivity contribution in [2.45, 2.75) is 25.8 Å². The van der Waals surface area contributed by atoms with Crippen molar-refractivity contribution in [3.8, 4) is 0 Å². The van der Waals surface area contributed by atoms with Crippen LogP contribution in [-0.4, -0.2) is 27.9 Å². The average molecular weight is 302 g/mol. The normalized spacial score (nSPS) is 14.0. The van der Waals surface area contributed by atoms with Gasteiger partial charge in [-0.3, -0.25) is 4.79 Å². The number of aromatic nitrogens is 1. The molecule has 0 unspecified atom stereocenters. The first kappa shape index (κ1) is 13.8. The Balaban J connectivity index is 1.79. The molecule has 0 fully saturated rings. The molecule has 1 aliphatic rings. The highest BCUT2D eigenvalue weighted by molar-refractivity contribution is 7.17. The lowest BCUT2D eigenvalue weighted by molar-refractivity contribution is 0.0687. The van der Waals surface area contributed by atoms with E-state index in [2.05, 4.69) is 22.4 Å². The molecule has 2 aromatic rings. The number of Topliss-reactive ketones (excluding diaryl/α,β-unsaturated/α-hetero) is 1. The summed E-state index contributed by atoms with van der Waals surface area (Å²) in [6.45, 7) is 1.36. The van der Waals surface area contributed by atoms with Crippen molar-refractivity contribution in [3.05, 3.63) is 46.0 Å². The maximum atomic E-state index is 11.5. The molecule has 5 nitrogen and oxygen atoms in total. The Labute approximate surface area is 125 Å². The van der Waals surface area contributed by atoms with Crippen molar-refractivity contribution < 1.29 is 14.7 Å². The number of benzene rings is 1. The van der Waals surface area contributed by atoms with Crippen molar-refractivity contribution in [2.75, 3.05) is 5.32 Å². The van der Waals surface area contributed by atoms with E-state index in [1.54, 1.807) is 0 Å². The van der Waals surface area contributed by atoms with Gasteiger partial charge in [0.2, 0.25) is 0 Å². The number of nitrogens with zero attached hydrogens (tertiary/aromatic N) is 1. The molecule has 1 heterocycles. The summed E-state index contributed by atoms with van der Waals surface area (Å²) in [6, 6.07) is 8.42. The van der Waals surface area contributed by atoms with E-state index in [1.807, 2.05) is 12.1 Å². The minimum Gasteiger partial charge on any atom is -0.476 e. The Morgan fingerprint density at radius 1 is 1.29 bits per heavy atom. The van der Waals surface area contributed by atoms with Gasteiger partial charge >= 0.3 is 5.97 Å². The molecule has 0 aliphatic heterocycles. The fourth-order valence-electron chi connectivity index (χ4n) is 2.60. The van der Waals surface area contributed by atoms with Crippen LogP contribution in [0.15, 0.2) is 24.3 Å². The van der Waals surface area contributed by atoms with Gasteiger partial charge in [0.05, 0.1) is 0 Å². The quantitative estimate of drug-likeness (QED) is 0.849. The molecule has 2 N–H and O–H groups in total. The van der Waals surface area contributed by atoms with E-state index >= 15 is 0 Å². The highest BCUT2D eigenvalue weighted by Crippen LogP contribution is 2.28. The first-order valence-corrected chi connectivity index (χ1v) is 7.44. The minimum atomic E-state index is -1.17. The number of hydrogen-bond donors (Lipinski definition) is 2. The first-order valence-electron chi connectivity index (χ1n) is 6.63. The summed E-state index contributed by atoms with van der Waals surface area (Å²) in [5.74, 6) is -1.44. The Bertz CT molecular complexity index is 667.